The second-order valence-electron chi connectivity index (χ2n) is 5.30. The van der Waals surface area contributed by atoms with Crippen molar-refractivity contribution in [1.29, 1.82) is 0 Å². The molecule has 1 saturated carbocycles. The summed E-state index contributed by atoms with van der Waals surface area (Å²) in [6.07, 6.45) is 8.57. The number of ether oxygens (including phenoxy) is 1. The smallest absolute Gasteiger partial charge is 0.0851 e. The predicted octanol–water partition coefficient (Wildman–Crippen LogP) is 2.20. The Kier molecular flexibility index (Phi) is 5.31. The minimum absolute atomic E-state index is 0.126. The number of pyridine rings is 1. The van der Waals surface area contributed by atoms with Gasteiger partial charge in [-0.15, -0.1) is 0 Å². The highest BCUT2D eigenvalue weighted by atomic mass is 16.5. The highest BCUT2D eigenvalue weighted by molar-refractivity contribution is 5.08. The summed E-state index contributed by atoms with van der Waals surface area (Å²) < 4.78 is 6.13. The molecule has 0 radical (unpaired) electrons. The highest BCUT2D eigenvalue weighted by Crippen LogP contribution is 2.35. The van der Waals surface area contributed by atoms with Crippen LogP contribution >= 0.6 is 0 Å². The lowest BCUT2D eigenvalue weighted by Gasteiger charge is -2.43. The molecule has 0 saturated heterocycles. The van der Waals surface area contributed by atoms with Crippen LogP contribution in [0.2, 0.25) is 0 Å². The average Bonchev–Trinajstić information content (AvgIpc) is 2.47. The van der Waals surface area contributed by atoms with Gasteiger partial charge in [0.2, 0.25) is 0 Å². The molecule has 0 spiro atoms. The van der Waals surface area contributed by atoms with Crippen molar-refractivity contribution in [2.75, 3.05) is 6.61 Å². The fourth-order valence-electron chi connectivity index (χ4n) is 3.16. The summed E-state index contributed by atoms with van der Waals surface area (Å²) in [7, 11) is 0. The van der Waals surface area contributed by atoms with Crippen molar-refractivity contribution in [3.8, 4) is 0 Å². The molecular formula is C15H25N3O. The van der Waals surface area contributed by atoms with Gasteiger partial charge in [-0.05, 0) is 31.9 Å². The molecule has 1 aromatic heterocycles. The van der Waals surface area contributed by atoms with Crippen molar-refractivity contribution in [3.63, 3.8) is 0 Å². The molecule has 1 unspecified atom stereocenters. The van der Waals surface area contributed by atoms with Crippen LogP contribution in [-0.2, 0) is 11.2 Å². The van der Waals surface area contributed by atoms with Gasteiger partial charge < -0.3 is 4.74 Å². The molecule has 0 aromatic carbocycles. The SMILES string of the molecule is CCOC1(C(Cc2ccccn2)NN)CCCCC1. The van der Waals surface area contributed by atoms with E-state index in [1.807, 2.05) is 24.4 Å². The molecule has 2 rings (SSSR count). The molecule has 106 valence electrons. The van der Waals surface area contributed by atoms with Gasteiger partial charge in [-0.2, -0.15) is 0 Å². The zero-order chi connectivity index (χ0) is 13.6. The first-order valence-electron chi connectivity index (χ1n) is 7.31. The minimum Gasteiger partial charge on any atom is -0.374 e. The summed E-state index contributed by atoms with van der Waals surface area (Å²) in [6, 6.07) is 6.13. The lowest BCUT2D eigenvalue weighted by molar-refractivity contribution is -0.0900. The largest absolute Gasteiger partial charge is 0.374 e. The Labute approximate surface area is 115 Å². The molecule has 1 heterocycles. The van der Waals surface area contributed by atoms with Crippen molar-refractivity contribution >= 4 is 0 Å². The van der Waals surface area contributed by atoms with E-state index in [0.29, 0.717) is 0 Å². The van der Waals surface area contributed by atoms with Crippen LogP contribution in [0.25, 0.3) is 0 Å². The molecule has 0 amide bonds. The Balaban J connectivity index is 2.12. The number of nitrogens with zero attached hydrogens (tertiary/aromatic N) is 1. The molecule has 4 heteroatoms. The summed E-state index contributed by atoms with van der Waals surface area (Å²) in [5, 5.41) is 0. The van der Waals surface area contributed by atoms with E-state index in [1.165, 1.54) is 19.3 Å². The zero-order valence-electron chi connectivity index (χ0n) is 11.8. The van der Waals surface area contributed by atoms with E-state index in [2.05, 4.69) is 17.3 Å². The van der Waals surface area contributed by atoms with E-state index in [-0.39, 0.29) is 11.6 Å². The molecule has 1 fully saturated rings. The third kappa shape index (κ3) is 3.53. The van der Waals surface area contributed by atoms with E-state index in [9.17, 15) is 0 Å². The van der Waals surface area contributed by atoms with Crippen molar-refractivity contribution in [3.05, 3.63) is 30.1 Å². The van der Waals surface area contributed by atoms with Crippen molar-refractivity contribution in [1.82, 2.24) is 10.4 Å². The quantitative estimate of drug-likeness (QED) is 0.610. The molecule has 19 heavy (non-hydrogen) atoms. The molecule has 1 aliphatic carbocycles. The third-order valence-corrected chi connectivity index (χ3v) is 4.11. The van der Waals surface area contributed by atoms with Crippen LogP contribution in [0.5, 0.6) is 0 Å². The van der Waals surface area contributed by atoms with Crippen LogP contribution in [0.4, 0.5) is 0 Å². The van der Waals surface area contributed by atoms with E-state index in [4.69, 9.17) is 10.6 Å². The highest BCUT2D eigenvalue weighted by Gasteiger charge is 2.40. The first-order chi connectivity index (χ1) is 9.30. The van der Waals surface area contributed by atoms with E-state index >= 15 is 0 Å². The van der Waals surface area contributed by atoms with Crippen LogP contribution in [0.1, 0.15) is 44.7 Å². The Morgan fingerprint density at radius 2 is 2.16 bits per heavy atom. The average molecular weight is 263 g/mol. The normalized spacial score (nSPS) is 20.1. The number of nitrogens with one attached hydrogen (secondary N) is 1. The maximum atomic E-state index is 6.13. The number of hydrogen-bond donors (Lipinski definition) is 2. The van der Waals surface area contributed by atoms with Crippen LogP contribution in [0.15, 0.2) is 24.4 Å². The summed E-state index contributed by atoms with van der Waals surface area (Å²) in [5.41, 5.74) is 3.92. The predicted molar refractivity (Wildman–Crippen MR) is 76.5 cm³/mol. The Hall–Kier alpha value is -0.970. The zero-order valence-corrected chi connectivity index (χ0v) is 11.8. The second kappa shape index (κ2) is 6.98. The lowest BCUT2D eigenvalue weighted by Crippen LogP contribution is -2.57. The second-order valence-corrected chi connectivity index (χ2v) is 5.30. The molecule has 1 aliphatic rings. The molecule has 4 nitrogen and oxygen atoms in total. The number of rotatable bonds is 6. The third-order valence-electron chi connectivity index (χ3n) is 4.11. The molecule has 0 bridgehead atoms. The van der Waals surface area contributed by atoms with Gasteiger partial charge >= 0.3 is 0 Å². The molecule has 1 aromatic rings. The van der Waals surface area contributed by atoms with Gasteiger partial charge in [0.05, 0.1) is 11.6 Å². The maximum absolute atomic E-state index is 6.13. The summed E-state index contributed by atoms with van der Waals surface area (Å²) in [5.74, 6) is 5.81. The fourth-order valence-corrected chi connectivity index (χ4v) is 3.16. The summed E-state index contributed by atoms with van der Waals surface area (Å²) >= 11 is 0. The van der Waals surface area contributed by atoms with E-state index < -0.39 is 0 Å². The number of hydrazine groups is 1. The van der Waals surface area contributed by atoms with Crippen LogP contribution in [-0.4, -0.2) is 23.2 Å². The number of nitrogens with two attached hydrogens (primary N) is 1. The molecule has 0 aliphatic heterocycles. The number of hydrogen-bond acceptors (Lipinski definition) is 4. The van der Waals surface area contributed by atoms with Crippen LogP contribution < -0.4 is 11.3 Å². The lowest BCUT2D eigenvalue weighted by atomic mass is 9.77. The Morgan fingerprint density at radius 3 is 2.74 bits per heavy atom. The minimum atomic E-state index is -0.126. The van der Waals surface area contributed by atoms with E-state index in [0.717, 1.165) is 31.6 Å². The first-order valence-corrected chi connectivity index (χ1v) is 7.31. The molecule has 1 atom stereocenters. The van der Waals surface area contributed by atoms with Gasteiger partial charge in [-0.1, -0.05) is 25.3 Å². The first kappa shape index (κ1) is 14.4. The Bertz CT molecular complexity index is 357. The van der Waals surface area contributed by atoms with Crippen molar-refractivity contribution in [2.45, 2.75) is 57.1 Å². The van der Waals surface area contributed by atoms with Gasteiger partial charge in [0.15, 0.2) is 0 Å². The van der Waals surface area contributed by atoms with Gasteiger partial charge in [-0.25, -0.2) is 0 Å². The van der Waals surface area contributed by atoms with E-state index in [1.54, 1.807) is 0 Å². The fraction of sp³-hybridized carbons (Fsp3) is 0.667. The maximum Gasteiger partial charge on any atom is 0.0851 e. The van der Waals surface area contributed by atoms with Crippen LogP contribution in [0.3, 0.4) is 0 Å². The standard InChI is InChI=1S/C15H25N3O/c1-2-19-15(9-5-3-6-10-15)14(18-16)12-13-8-4-7-11-17-13/h4,7-8,11,14,18H,2-3,5-6,9-10,12,16H2,1H3. The van der Waals surface area contributed by atoms with Crippen molar-refractivity contribution in [2.24, 2.45) is 5.84 Å². The monoisotopic (exact) mass is 263 g/mol. The molecular weight excluding hydrogens is 238 g/mol. The van der Waals surface area contributed by atoms with Crippen molar-refractivity contribution < 1.29 is 4.74 Å². The van der Waals surface area contributed by atoms with Gasteiger partial charge in [-0.3, -0.25) is 16.3 Å². The van der Waals surface area contributed by atoms with Gasteiger partial charge in [0.1, 0.15) is 0 Å². The molecule has 3 N–H and O–H groups in total. The number of aromatic nitrogens is 1. The summed E-state index contributed by atoms with van der Waals surface area (Å²) in [6.45, 7) is 2.80. The van der Waals surface area contributed by atoms with Gasteiger partial charge in [0.25, 0.3) is 0 Å². The van der Waals surface area contributed by atoms with Crippen LogP contribution in [0, 0.1) is 0 Å². The van der Waals surface area contributed by atoms with Gasteiger partial charge in [0, 0.05) is 24.9 Å². The Morgan fingerprint density at radius 1 is 1.37 bits per heavy atom. The summed E-state index contributed by atoms with van der Waals surface area (Å²) in [4.78, 5) is 4.40. The topological polar surface area (TPSA) is 60.2 Å².